The molecule has 1 heterocycles. The summed E-state index contributed by atoms with van der Waals surface area (Å²) < 4.78 is 14.6. The van der Waals surface area contributed by atoms with E-state index in [1.54, 1.807) is 18.3 Å². The maximum absolute atomic E-state index is 13.3. The Hall–Kier alpha value is -2.68. The average Bonchev–Trinajstić information content (AvgIpc) is 2.87. The number of ether oxygens (including phenoxy) is 2. The minimum Gasteiger partial charge on any atom is -0.490 e. The van der Waals surface area contributed by atoms with Gasteiger partial charge in [0.2, 0.25) is 0 Å². The molecule has 36 heavy (non-hydrogen) atoms. The van der Waals surface area contributed by atoms with Crippen molar-refractivity contribution in [1.29, 1.82) is 0 Å². The molecule has 0 atom stereocenters. The third-order valence-corrected chi connectivity index (χ3v) is 7.28. The molecule has 0 amide bonds. The summed E-state index contributed by atoms with van der Waals surface area (Å²) >= 11 is 13.7. The number of nitrogens with zero attached hydrogens (tertiary/aromatic N) is 3. The lowest BCUT2D eigenvalue weighted by Crippen LogP contribution is -2.22. The summed E-state index contributed by atoms with van der Waals surface area (Å²) in [6.45, 7) is 4.69. The van der Waals surface area contributed by atoms with E-state index >= 15 is 0 Å². The normalized spacial score (nSPS) is 11.4. The van der Waals surface area contributed by atoms with Gasteiger partial charge in [-0.05, 0) is 59.1 Å². The minimum atomic E-state index is -0.240. The van der Waals surface area contributed by atoms with Crippen LogP contribution in [0.5, 0.6) is 11.5 Å². The zero-order valence-corrected chi connectivity index (χ0v) is 23.7. The predicted molar refractivity (Wildman–Crippen MR) is 152 cm³/mol. The molecule has 9 heteroatoms. The van der Waals surface area contributed by atoms with E-state index in [1.807, 2.05) is 56.3 Å². The van der Waals surface area contributed by atoms with E-state index in [-0.39, 0.29) is 5.56 Å². The van der Waals surface area contributed by atoms with E-state index in [2.05, 4.69) is 41.9 Å². The molecule has 0 fully saturated rings. The van der Waals surface area contributed by atoms with E-state index < -0.39 is 0 Å². The van der Waals surface area contributed by atoms with Crippen molar-refractivity contribution in [2.75, 3.05) is 6.61 Å². The van der Waals surface area contributed by atoms with Crippen LogP contribution >= 0.6 is 43.5 Å². The maximum atomic E-state index is 13.3. The van der Waals surface area contributed by atoms with Gasteiger partial charge in [0.25, 0.3) is 5.56 Å². The number of fused-ring (bicyclic) bond motifs is 1. The van der Waals surface area contributed by atoms with Crippen LogP contribution in [0.3, 0.4) is 0 Å². The van der Waals surface area contributed by atoms with Gasteiger partial charge in [0, 0.05) is 20.9 Å². The number of hydrogen-bond acceptors (Lipinski definition) is 5. The van der Waals surface area contributed by atoms with Crippen molar-refractivity contribution in [1.82, 2.24) is 9.66 Å². The zero-order valence-electron chi connectivity index (χ0n) is 19.8. The summed E-state index contributed by atoms with van der Waals surface area (Å²) in [5, 5.41) is 5.36. The topological polar surface area (TPSA) is 65.7 Å². The monoisotopic (exact) mass is 631 g/mol. The van der Waals surface area contributed by atoms with Crippen molar-refractivity contribution in [3.63, 3.8) is 0 Å². The first-order valence-electron chi connectivity index (χ1n) is 11.5. The molecule has 0 N–H and O–H groups in total. The molecule has 0 aliphatic rings. The first-order chi connectivity index (χ1) is 17.4. The van der Waals surface area contributed by atoms with Crippen molar-refractivity contribution >= 4 is 60.6 Å². The smallest absolute Gasteiger partial charge is 0.282 e. The molecule has 1 aromatic heterocycles. The van der Waals surface area contributed by atoms with Gasteiger partial charge in [0.15, 0.2) is 11.5 Å². The Kier molecular flexibility index (Phi) is 8.82. The van der Waals surface area contributed by atoms with Crippen LogP contribution in [-0.2, 0) is 13.0 Å². The third-order valence-electron chi connectivity index (χ3n) is 5.34. The van der Waals surface area contributed by atoms with Crippen LogP contribution in [0.15, 0.2) is 73.4 Å². The molecular weight excluding hydrogens is 610 g/mol. The summed E-state index contributed by atoms with van der Waals surface area (Å²) in [5.74, 6) is 1.51. The fourth-order valence-corrected chi connectivity index (χ4v) is 4.66. The predicted octanol–water partition coefficient (Wildman–Crippen LogP) is 7.39. The molecule has 0 bridgehead atoms. The molecule has 3 aromatic carbocycles. The third kappa shape index (κ3) is 5.82. The molecule has 0 aliphatic heterocycles. The molecule has 4 aromatic rings. The van der Waals surface area contributed by atoms with E-state index in [1.165, 1.54) is 4.68 Å². The summed E-state index contributed by atoms with van der Waals surface area (Å²) in [4.78, 5) is 18.0. The second kappa shape index (κ2) is 12.0. The highest BCUT2D eigenvalue weighted by molar-refractivity contribution is 9.10. The molecule has 6 nitrogen and oxygen atoms in total. The molecule has 0 saturated heterocycles. The zero-order chi connectivity index (χ0) is 25.7. The maximum Gasteiger partial charge on any atom is 0.282 e. The standard InChI is InChI=1S/C27H24Br2ClN3O3/c1-3-8-23-32-21-12-11-19(28)14-20(21)27(34)33(23)31-15-18-13-22(35-4-2)26(25(30)24(18)29)36-16-17-9-6-5-7-10-17/h5-7,9-15H,3-4,8,16H2,1-2H3. The lowest BCUT2D eigenvalue weighted by molar-refractivity contribution is 0.269. The van der Waals surface area contributed by atoms with Crippen molar-refractivity contribution in [2.45, 2.75) is 33.3 Å². The van der Waals surface area contributed by atoms with Crippen LogP contribution in [-0.4, -0.2) is 22.5 Å². The van der Waals surface area contributed by atoms with Gasteiger partial charge < -0.3 is 9.47 Å². The Morgan fingerprint density at radius 1 is 1.08 bits per heavy atom. The fraction of sp³-hybridized carbons (Fsp3) is 0.222. The van der Waals surface area contributed by atoms with Gasteiger partial charge in [-0.15, -0.1) is 0 Å². The molecule has 0 aliphatic carbocycles. The number of halogens is 3. The highest BCUT2D eigenvalue weighted by Gasteiger charge is 2.18. The lowest BCUT2D eigenvalue weighted by Gasteiger charge is -2.16. The average molecular weight is 634 g/mol. The minimum absolute atomic E-state index is 0.240. The lowest BCUT2D eigenvalue weighted by atomic mass is 10.2. The molecule has 4 rings (SSSR count). The molecule has 0 radical (unpaired) electrons. The van der Waals surface area contributed by atoms with Crippen molar-refractivity contribution < 1.29 is 9.47 Å². The van der Waals surface area contributed by atoms with Crippen LogP contribution in [0.1, 0.15) is 37.2 Å². The van der Waals surface area contributed by atoms with Crippen LogP contribution in [0.2, 0.25) is 5.02 Å². The van der Waals surface area contributed by atoms with Gasteiger partial charge in [-0.2, -0.15) is 9.78 Å². The first-order valence-corrected chi connectivity index (χ1v) is 13.5. The fourth-order valence-electron chi connectivity index (χ4n) is 3.64. The van der Waals surface area contributed by atoms with Crippen molar-refractivity contribution in [3.05, 3.63) is 95.9 Å². The summed E-state index contributed by atoms with van der Waals surface area (Å²) in [5.41, 5.74) is 2.05. The van der Waals surface area contributed by atoms with Gasteiger partial charge in [0.1, 0.15) is 17.5 Å². The summed E-state index contributed by atoms with van der Waals surface area (Å²) in [6.07, 6.45) is 3.00. The largest absolute Gasteiger partial charge is 0.490 e. The summed E-state index contributed by atoms with van der Waals surface area (Å²) in [7, 11) is 0. The van der Waals surface area contributed by atoms with Gasteiger partial charge in [-0.1, -0.05) is 64.8 Å². The Morgan fingerprint density at radius 2 is 1.86 bits per heavy atom. The van der Waals surface area contributed by atoms with Crippen molar-refractivity contribution in [3.8, 4) is 11.5 Å². The number of aromatic nitrogens is 2. The van der Waals surface area contributed by atoms with Gasteiger partial charge in [0.05, 0.1) is 23.7 Å². The Balaban J connectivity index is 1.75. The molecule has 186 valence electrons. The van der Waals surface area contributed by atoms with E-state index in [4.69, 9.17) is 21.1 Å². The molecule has 0 spiro atoms. The van der Waals surface area contributed by atoms with Crippen LogP contribution in [0.4, 0.5) is 0 Å². The van der Waals surface area contributed by atoms with Crippen LogP contribution in [0, 0.1) is 0 Å². The SMILES string of the molecule is CCCc1nc2ccc(Br)cc2c(=O)n1N=Cc1cc(OCC)c(OCc2ccccc2)c(Cl)c1Br. The molecule has 0 unspecified atom stereocenters. The van der Waals surface area contributed by atoms with Crippen LogP contribution in [0.25, 0.3) is 10.9 Å². The highest BCUT2D eigenvalue weighted by Crippen LogP contribution is 2.42. The van der Waals surface area contributed by atoms with Crippen molar-refractivity contribution in [2.24, 2.45) is 5.10 Å². The Labute approximate surface area is 231 Å². The van der Waals surface area contributed by atoms with Gasteiger partial charge in [-0.25, -0.2) is 4.98 Å². The Morgan fingerprint density at radius 3 is 2.58 bits per heavy atom. The number of hydrogen-bond donors (Lipinski definition) is 0. The van der Waals surface area contributed by atoms with E-state index in [9.17, 15) is 4.79 Å². The Bertz CT molecular complexity index is 1470. The second-order valence-electron chi connectivity index (χ2n) is 7.93. The highest BCUT2D eigenvalue weighted by atomic mass is 79.9. The molecule has 0 saturated carbocycles. The van der Waals surface area contributed by atoms with Crippen LogP contribution < -0.4 is 15.0 Å². The van der Waals surface area contributed by atoms with E-state index in [0.29, 0.717) is 62.9 Å². The number of rotatable bonds is 9. The first kappa shape index (κ1) is 26.4. The quantitative estimate of drug-likeness (QED) is 0.180. The molecular formula is C27H24Br2ClN3O3. The number of aryl methyl sites for hydroxylation is 1. The second-order valence-corrected chi connectivity index (χ2v) is 10.0. The van der Waals surface area contributed by atoms with E-state index in [0.717, 1.165) is 16.5 Å². The number of benzene rings is 3. The van der Waals surface area contributed by atoms with Gasteiger partial charge >= 0.3 is 0 Å². The van der Waals surface area contributed by atoms with Gasteiger partial charge in [-0.3, -0.25) is 4.79 Å². The summed E-state index contributed by atoms with van der Waals surface area (Å²) in [6, 6.07) is 17.1.